The molecule has 0 atom stereocenters. The molecule has 0 bridgehead atoms. The first-order chi connectivity index (χ1) is 16.4. The summed E-state index contributed by atoms with van der Waals surface area (Å²) in [6, 6.07) is 15.5. The molecule has 34 heavy (non-hydrogen) atoms. The van der Waals surface area contributed by atoms with Gasteiger partial charge in [0.2, 0.25) is 0 Å². The maximum Gasteiger partial charge on any atom is 0.146 e. The molecule has 0 saturated heterocycles. The Labute approximate surface area is 192 Å². The predicted octanol–water partition coefficient (Wildman–Crippen LogP) is 5.02. The third-order valence-electron chi connectivity index (χ3n) is 7.01. The van der Waals surface area contributed by atoms with Crippen molar-refractivity contribution < 1.29 is 4.42 Å². The quantitative estimate of drug-likeness (QED) is 0.0735. The number of para-hydroxylation sites is 2. The Kier molecular flexibility index (Phi) is 3.21. The molecule has 2 aromatic heterocycles. The molecule has 0 aliphatic carbocycles. The van der Waals surface area contributed by atoms with Crippen LogP contribution in [0.4, 0.5) is 34.1 Å². The highest BCUT2D eigenvalue weighted by atomic mass is 16.3. The molecule has 7 rings (SSSR count). The smallest absolute Gasteiger partial charge is 0.146 e. The van der Waals surface area contributed by atoms with Crippen molar-refractivity contribution in [3.63, 3.8) is 0 Å². The van der Waals surface area contributed by atoms with E-state index in [1.165, 1.54) is 0 Å². The number of anilines is 6. The van der Waals surface area contributed by atoms with Crippen LogP contribution in [-0.2, 0) is 0 Å². The molecule has 13 N–H and O–H groups in total. The van der Waals surface area contributed by atoms with Crippen molar-refractivity contribution in [1.29, 1.82) is 0 Å². The lowest BCUT2D eigenvalue weighted by Crippen LogP contribution is -2.06. The Hall–Kier alpha value is -4.98. The Morgan fingerprint density at radius 1 is 0.500 bits per heavy atom. The molecule has 0 unspecified atom stereocenters. The summed E-state index contributed by atoms with van der Waals surface area (Å²) in [4.78, 5) is 3.38. The predicted molar refractivity (Wildman–Crippen MR) is 145 cm³/mol. The van der Waals surface area contributed by atoms with Crippen molar-refractivity contribution in [2.75, 3.05) is 34.4 Å². The normalized spacial score (nSPS) is 12.2. The number of aromatic amines is 1. The Morgan fingerprint density at radius 3 is 1.82 bits per heavy atom. The number of furan rings is 1. The van der Waals surface area contributed by atoms with Gasteiger partial charge in [-0.15, -0.1) is 0 Å². The Balaban J connectivity index is 1.90. The second kappa shape index (κ2) is 5.87. The number of nitrogens with two attached hydrogens (primary N) is 6. The number of rotatable bonds is 0. The topological polar surface area (TPSA) is 185 Å². The summed E-state index contributed by atoms with van der Waals surface area (Å²) in [6.45, 7) is 0. The number of nitrogen functional groups attached to an aromatic ring is 6. The van der Waals surface area contributed by atoms with Crippen LogP contribution < -0.4 is 34.4 Å². The summed E-state index contributed by atoms with van der Waals surface area (Å²) in [5.74, 6) is 0. The van der Waals surface area contributed by atoms with Gasteiger partial charge < -0.3 is 43.8 Å². The second-order valence-electron chi connectivity index (χ2n) is 8.70. The lowest BCUT2D eigenvalue weighted by Gasteiger charge is -2.19. The van der Waals surface area contributed by atoms with Crippen molar-refractivity contribution in [3.05, 3.63) is 48.5 Å². The van der Waals surface area contributed by atoms with Crippen LogP contribution in [0.25, 0.3) is 65.3 Å². The maximum atomic E-state index is 6.91. The molecule has 8 nitrogen and oxygen atoms in total. The minimum atomic E-state index is 0.288. The highest BCUT2D eigenvalue weighted by Crippen LogP contribution is 2.53. The third kappa shape index (κ3) is 1.94. The van der Waals surface area contributed by atoms with Crippen LogP contribution in [0, 0.1) is 0 Å². The van der Waals surface area contributed by atoms with E-state index < -0.39 is 0 Å². The van der Waals surface area contributed by atoms with Crippen LogP contribution in [0.1, 0.15) is 0 Å². The average Bonchev–Trinajstić information content (AvgIpc) is 3.42. The standard InChI is InChI=1S/C26H21N7O/c27-19-13-9-5-1-3-7-11(9)33-25(13)24(32)17-15(19)16-18(23(31)21(17)29)22(30)20(28)14-10-6-2-4-8-12(10)34-26(14)16/h1-8,33H,27-32H2. The molecule has 2 heterocycles. The van der Waals surface area contributed by atoms with Gasteiger partial charge in [-0.25, -0.2) is 0 Å². The molecule has 0 aliphatic heterocycles. The number of fused-ring (bicyclic) bond motifs is 10. The van der Waals surface area contributed by atoms with E-state index >= 15 is 0 Å². The maximum absolute atomic E-state index is 6.91. The summed E-state index contributed by atoms with van der Waals surface area (Å²) in [7, 11) is 0. The molecule has 0 fully saturated rings. The average molecular weight is 448 g/mol. The number of hydrogen-bond acceptors (Lipinski definition) is 7. The molecular weight excluding hydrogens is 426 g/mol. The van der Waals surface area contributed by atoms with Gasteiger partial charge in [0.1, 0.15) is 11.2 Å². The van der Waals surface area contributed by atoms with Gasteiger partial charge in [0.05, 0.1) is 45.0 Å². The van der Waals surface area contributed by atoms with E-state index in [0.29, 0.717) is 72.1 Å². The molecule has 5 aromatic carbocycles. The number of H-pyrrole nitrogens is 1. The van der Waals surface area contributed by atoms with Crippen LogP contribution in [0.5, 0.6) is 0 Å². The zero-order chi connectivity index (χ0) is 23.5. The Morgan fingerprint density at radius 2 is 1.09 bits per heavy atom. The highest BCUT2D eigenvalue weighted by Gasteiger charge is 2.26. The summed E-state index contributed by atoms with van der Waals surface area (Å²) < 4.78 is 6.34. The van der Waals surface area contributed by atoms with Crippen LogP contribution >= 0.6 is 0 Å². The largest absolute Gasteiger partial charge is 0.455 e. The summed E-state index contributed by atoms with van der Waals surface area (Å²) in [5, 5.41) is 5.70. The Bertz CT molecular complexity index is 2030. The van der Waals surface area contributed by atoms with Gasteiger partial charge >= 0.3 is 0 Å². The van der Waals surface area contributed by atoms with Crippen LogP contribution in [0.15, 0.2) is 52.9 Å². The molecule has 166 valence electrons. The summed E-state index contributed by atoms with van der Waals surface area (Å²) in [5.41, 5.74) is 45.0. The number of nitrogens with one attached hydrogen (secondary N) is 1. The van der Waals surface area contributed by atoms with Crippen LogP contribution in [0.2, 0.25) is 0 Å². The zero-order valence-corrected chi connectivity index (χ0v) is 18.0. The molecule has 8 heteroatoms. The minimum absolute atomic E-state index is 0.288. The van der Waals surface area contributed by atoms with E-state index in [-0.39, 0.29) is 5.69 Å². The van der Waals surface area contributed by atoms with Crippen molar-refractivity contribution in [1.82, 2.24) is 4.98 Å². The fraction of sp³-hybridized carbons (Fsp3) is 0. The van der Waals surface area contributed by atoms with Crippen LogP contribution in [0.3, 0.4) is 0 Å². The first-order valence-electron chi connectivity index (χ1n) is 10.8. The molecule has 7 aromatic rings. The fourth-order valence-corrected chi connectivity index (χ4v) is 5.48. The molecule has 0 spiro atoms. The van der Waals surface area contributed by atoms with Gasteiger partial charge in [0, 0.05) is 43.2 Å². The van der Waals surface area contributed by atoms with E-state index in [4.69, 9.17) is 38.8 Å². The van der Waals surface area contributed by atoms with Gasteiger partial charge in [-0.3, -0.25) is 0 Å². The van der Waals surface area contributed by atoms with Gasteiger partial charge in [0.15, 0.2) is 0 Å². The second-order valence-corrected chi connectivity index (χ2v) is 8.70. The van der Waals surface area contributed by atoms with Crippen molar-refractivity contribution >= 4 is 99.4 Å². The number of benzene rings is 5. The number of aromatic nitrogens is 1. The van der Waals surface area contributed by atoms with Gasteiger partial charge in [-0.2, -0.15) is 0 Å². The first-order valence-corrected chi connectivity index (χ1v) is 10.8. The number of hydrogen-bond donors (Lipinski definition) is 7. The van der Waals surface area contributed by atoms with Crippen molar-refractivity contribution in [3.8, 4) is 0 Å². The van der Waals surface area contributed by atoms with E-state index in [1.807, 2.05) is 48.5 Å². The lowest BCUT2D eigenvalue weighted by atomic mass is 9.91. The highest BCUT2D eigenvalue weighted by molar-refractivity contribution is 6.41. The molecule has 0 aliphatic rings. The van der Waals surface area contributed by atoms with Gasteiger partial charge in [-0.05, 0) is 12.1 Å². The van der Waals surface area contributed by atoms with Gasteiger partial charge in [0.25, 0.3) is 0 Å². The minimum Gasteiger partial charge on any atom is -0.455 e. The van der Waals surface area contributed by atoms with Crippen LogP contribution in [-0.4, -0.2) is 4.98 Å². The molecule has 0 amide bonds. The van der Waals surface area contributed by atoms with Gasteiger partial charge in [-0.1, -0.05) is 36.4 Å². The monoisotopic (exact) mass is 447 g/mol. The van der Waals surface area contributed by atoms with E-state index in [1.54, 1.807) is 0 Å². The van der Waals surface area contributed by atoms with Crippen molar-refractivity contribution in [2.24, 2.45) is 0 Å². The molecular formula is C26H21N7O. The SMILES string of the molecule is Nc1c(N)c2c(N)c(N)c3c4ccccc4oc3c2c2c(N)c3c([nH]c4ccccc43)c(N)c12. The molecule has 0 saturated carbocycles. The van der Waals surface area contributed by atoms with Crippen molar-refractivity contribution in [2.45, 2.75) is 0 Å². The zero-order valence-electron chi connectivity index (χ0n) is 18.0. The first kappa shape index (κ1) is 18.6. The third-order valence-corrected chi connectivity index (χ3v) is 7.01. The summed E-state index contributed by atoms with van der Waals surface area (Å²) in [6.07, 6.45) is 0. The van der Waals surface area contributed by atoms with E-state index in [0.717, 1.165) is 21.7 Å². The van der Waals surface area contributed by atoms with E-state index in [9.17, 15) is 0 Å². The summed E-state index contributed by atoms with van der Waals surface area (Å²) >= 11 is 0. The fourth-order valence-electron chi connectivity index (χ4n) is 5.48. The lowest BCUT2D eigenvalue weighted by molar-refractivity contribution is 0.673. The molecule has 0 radical (unpaired) electrons. The van der Waals surface area contributed by atoms with E-state index in [2.05, 4.69) is 4.98 Å².